The summed E-state index contributed by atoms with van der Waals surface area (Å²) in [7, 11) is 0. The van der Waals surface area contributed by atoms with E-state index in [0.717, 1.165) is 18.4 Å². The minimum absolute atomic E-state index is 0.157. The smallest absolute Gasteiger partial charge is 0.310 e. The molecule has 6 aliphatic rings. The summed E-state index contributed by atoms with van der Waals surface area (Å²) in [5, 5.41) is 0. The van der Waals surface area contributed by atoms with Gasteiger partial charge >= 0.3 is 5.97 Å². The zero-order valence-corrected chi connectivity index (χ0v) is 14.8. The number of likely N-dealkylation sites (tertiary alicyclic amines) is 1. The van der Waals surface area contributed by atoms with Crippen LogP contribution in [0.1, 0.15) is 64.2 Å². The zero-order chi connectivity index (χ0) is 15.9. The number of nitrogens with zero attached hydrogens (tertiary/aromatic N) is 1. The van der Waals surface area contributed by atoms with Gasteiger partial charge in [-0.25, -0.2) is 0 Å². The van der Waals surface area contributed by atoms with E-state index in [1.165, 1.54) is 77.3 Å². The van der Waals surface area contributed by atoms with E-state index in [4.69, 9.17) is 4.74 Å². The molecule has 5 atom stereocenters. The molecule has 0 N–H and O–H groups in total. The molecule has 0 aromatic carbocycles. The highest BCUT2D eigenvalue weighted by Gasteiger charge is 2.69. The van der Waals surface area contributed by atoms with E-state index >= 15 is 0 Å². The SMILES string of the molecule is O=C1O[C@H]2[C@@H](CCC3(CC3)[C@@H]3CCC4(CC4)[C@H]23)[C@@H]1CN1CCCC1. The van der Waals surface area contributed by atoms with Crippen molar-refractivity contribution >= 4 is 5.97 Å². The van der Waals surface area contributed by atoms with E-state index in [9.17, 15) is 4.79 Å². The predicted octanol–water partition coefficient (Wildman–Crippen LogP) is 3.62. The molecule has 3 nitrogen and oxygen atoms in total. The van der Waals surface area contributed by atoms with Crippen LogP contribution in [0.25, 0.3) is 0 Å². The molecule has 2 spiro atoms. The van der Waals surface area contributed by atoms with Gasteiger partial charge in [0.15, 0.2) is 0 Å². The lowest BCUT2D eigenvalue weighted by atomic mass is 9.73. The summed E-state index contributed by atoms with van der Waals surface area (Å²) in [5.41, 5.74) is 1.27. The number of hydrogen-bond acceptors (Lipinski definition) is 3. The molecule has 0 amide bonds. The van der Waals surface area contributed by atoms with Crippen molar-refractivity contribution in [3.8, 4) is 0 Å². The largest absolute Gasteiger partial charge is 0.461 e. The molecule has 2 heterocycles. The van der Waals surface area contributed by atoms with Crippen LogP contribution in [0, 0.1) is 34.5 Å². The van der Waals surface area contributed by atoms with Crippen LogP contribution < -0.4 is 0 Å². The van der Waals surface area contributed by atoms with Crippen molar-refractivity contribution < 1.29 is 9.53 Å². The first-order valence-corrected chi connectivity index (χ1v) is 10.6. The number of carbonyl (C=O) groups excluding carboxylic acids is 1. The minimum atomic E-state index is 0.157. The number of carbonyl (C=O) groups is 1. The maximum Gasteiger partial charge on any atom is 0.310 e. The molecule has 24 heavy (non-hydrogen) atoms. The molecule has 6 rings (SSSR count). The molecule has 0 radical (unpaired) electrons. The summed E-state index contributed by atoms with van der Waals surface area (Å²) in [6, 6.07) is 0. The number of rotatable bonds is 2. The number of fused-ring (bicyclic) bond motifs is 5. The van der Waals surface area contributed by atoms with Crippen LogP contribution in [0.4, 0.5) is 0 Å². The summed E-state index contributed by atoms with van der Waals surface area (Å²) < 4.78 is 6.21. The maximum atomic E-state index is 12.8. The van der Waals surface area contributed by atoms with Gasteiger partial charge in [-0.2, -0.15) is 0 Å². The van der Waals surface area contributed by atoms with E-state index in [2.05, 4.69) is 4.90 Å². The lowest BCUT2D eigenvalue weighted by Gasteiger charge is -2.33. The summed E-state index contributed by atoms with van der Waals surface area (Å²) in [6.45, 7) is 3.37. The highest BCUT2D eigenvalue weighted by Crippen LogP contribution is 2.74. The Morgan fingerprint density at radius 3 is 2.38 bits per heavy atom. The Hall–Kier alpha value is -0.570. The molecule has 0 bridgehead atoms. The highest BCUT2D eigenvalue weighted by atomic mass is 16.6. The second-order valence-electron chi connectivity index (χ2n) is 10.1. The van der Waals surface area contributed by atoms with Crippen molar-refractivity contribution in [2.45, 2.75) is 70.3 Å². The molecule has 0 aromatic heterocycles. The first-order chi connectivity index (χ1) is 11.7. The van der Waals surface area contributed by atoms with Gasteiger partial charge in [0.05, 0.1) is 5.92 Å². The average Bonchev–Trinajstić information content (AvgIpc) is 3.39. The molecular weight excluding hydrogens is 298 g/mol. The fraction of sp³-hybridized carbons (Fsp3) is 0.952. The predicted molar refractivity (Wildman–Crippen MR) is 91.3 cm³/mol. The standard InChI is InChI=1S/C21H31NO2/c23-19-15(13-22-11-1-2-12-22)14-3-5-20(7-8-20)16-4-6-21(9-10-21)17(16)18(14)24-19/h14-18H,1-13H2/t14-,15-,16+,17-,18-/m0/s1. The molecule has 6 fully saturated rings. The van der Waals surface area contributed by atoms with Gasteiger partial charge < -0.3 is 9.64 Å². The Morgan fingerprint density at radius 2 is 1.67 bits per heavy atom. The van der Waals surface area contributed by atoms with Gasteiger partial charge in [-0.15, -0.1) is 0 Å². The van der Waals surface area contributed by atoms with E-state index in [0.29, 0.717) is 16.7 Å². The van der Waals surface area contributed by atoms with E-state index in [-0.39, 0.29) is 18.0 Å². The first-order valence-electron chi connectivity index (χ1n) is 10.6. The third kappa shape index (κ3) is 1.91. The van der Waals surface area contributed by atoms with Gasteiger partial charge in [0, 0.05) is 18.4 Å². The Kier molecular flexibility index (Phi) is 2.90. The van der Waals surface area contributed by atoms with Crippen LogP contribution in [0.2, 0.25) is 0 Å². The summed E-state index contributed by atoms with van der Waals surface area (Å²) in [5.74, 6) is 2.47. The van der Waals surface area contributed by atoms with Crippen LogP contribution in [0.3, 0.4) is 0 Å². The molecule has 0 aromatic rings. The fourth-order valence-electron chi connectivity index (χ4n) is 7.52. The van der Waals surface area contributed by atoms with Gasteiger partial charge in [0.2, 0.25) is 0 Å². The maximum absolute atomic E-state index is 12.8. The van der Waals surface area contributed by atoms with Crippen molar-refractivity contribution in [3.63, 3.8) is 0 Å². The van der Waals surface area contributed by atoms with E-state index in [1.807, 2.05) is 0 Å². The zero-order valence-electron chi connectivity index (χ0n) is 14.8. The topological polar surface area (TPSA) is 29.5 Å². The van der Waals surface area contributed by atoms with Crippen LogP contribution >= 0.6 is 0 Å². The first kappa shape index (κ1) is 14.6. The number of esters is 1. The van der Waals surface area contributed by atoms with Gasteiger partial charge in [-0.05, 0) is 94.0 Å². The Labute approximate surface area is 145 Å². The van der Waals surface area contributed by atoms with Crippen LogP contribution in [0.5, 0.6) is 0 Å². The lowest BCUT2D eigenvalue weighted by molar-refractivity contribution is -0.148. The van der Waals surface area contributed by atoms with Crippen molar-refractivity contribution in [1.82, 2.24) is 4.90 Å². The lowest BCUT2D eigenvalue weighted by Crippen LogP contribution is -2.37. The normalized spacial score (nSPS) is 47.5. The molecule has 2 saturated heterocycles. The fourth-order valence-corrected chi connectivity index (χ4v) is 7.52. The second kappa shape index (κ2) is 4.78. The molecule has 0 unspecified atom stereocenters. The van der Waals surface area contributed by atoms with Gasteiger partial charge in [0.1, 0.15) is 6.10 Å². The van der Waals surface area contributed by atoms with Crippen molar-refractivity contribution in [2.24, 2.45) is 34.5 Å². The summed E-state index contributed by atoms with van der Waals surface area (Å²) in [4.78, 5) is 15.3. The molecular formula is C21H31NO2. The second-order valence-corrected chi connectivity index (χ2v) is 10.1. The van der Waals surface area contributed by atoms with Crippen LogP contribution in [-0.2, 0) is 9.53 Å². The van der Waals surface area contributed by atoms with Crippen LogP contribution in [0.15, 0.2) is 0 Å². The van der Waals surface area contributed by atoms with Crippen LogP contribution in [-0.4, -0.2) is 36.6 Å². The summed E-state index contributed by atoms with van der Waals surface area (Å²) in [6.07, 6.45) is 14.2. The van der Waals surface area contributed by atoms with Gasteiger partial charge in [-0.1, -0.05) is 0 Å². The third-order valence-corrected chi connectivity index (χ3v) is 9.14. The van der Waals surface area contributed by atoms with Crippen molar-refractivity contribution in [3.05, 3.63) is 0 Å². The molecule has 3 heteroatoms. The highest BCUT2D eigenvalue weighted by molar-refractivity contribution is 5.75. The van der Waals surface area contributed by atoms with E-state index in [1.54, 1.807) is 0 Å². The van der Waals surface area contributed by atoms with Gasteiger partial charge in [0.25, 0.3) is 0 Å². The van der Waals surface area contributed by atoms with Crippen molar-refractivity contribution in [1.29, 1.82) is 0 Å². The van der Waals surface area contributed by atoms with Crippen molar-refractivity contribution in [2.75, 3.05) is 19.6 Å². The molecule has 132 valence electrons. The quantitative estimate of drug-likeness (QED) is 0.725. The summed E-state index contributed by atoms with van der Waals surface area (Å²) >= 11 is 0. The minimum Gasteiger partial charge on any atom is -0.461 e. The third-order valence-electron chi connectivity index (χ3n) is 9.14. The average molecular weight is 329 g/mol. The monoisotopic (exact) mass is 329 g/mol. The molecule has 4 saturated carbocycles. The Morgan fingerprint density at radius 1 is 0.958 bits per heavy atom. The number of ether oxygens (including phenoxy) is 1. The Balaban J connectivity index is 1.32. The van der Waals surface area contributed by atoms with E-state index < -0.39 is 0 Å². The Bertz CT molecular complexity index is 558. The van der Waals surface area contributed by atoms with Gasteiger partial charge in [-0.3, -0.25) is 4.79 Å². The molecule has 4 aliphatic carbocycles. The molecule has 2 aliphatic heterocycles. The number of hydrogen-bond donors (Lipinski definition) is 0.